The summed E-state index contributed by atoms with van der Waals surface area (Å²) >= 11 is 6.23. The van der Waals surface area contributed by atoms with Gasteiger partial charge in [0.2, 0.25) is 0 Å². The third kappa shape index (κ3) is 4.15. The molecule has 4 nitrogen and oxygen atoms in total. The first kappa shape index (κ1) is 16.2. The average molecular weight is 321 g/mol. The lowest BCUT2D eigenvalue weighted by Gasteiger charge is -2.11. The molecule has 0 aromatic heterocycles. The van der Waals surface area contributed by atoms with Gasteiger partial charge >= 0.3 is 5.97 Å². The van der Waals surface area contributed by atoms with Crippen molar-refractivity contribution in [1.82, 2.24) is 0 Å². The zero-order chi connectivity index (χ0) is 16.1. The van der Waals surface area contributed by atoms with E-state index in [1.807, 2.05) is 24.3 Å². The molecule has 0 radical (unpaired) electrons. The van der Waals surface area contributed by atoms with E-state index in [2.05, 4.69) is 0 Å². The fourth-order valence-electron chi connectivity index (χ4n) is 2.07. The van der Waals surface area contributed by atoms with Gasteiger partial charge in [-0.1, -0.05) is 23.7 Å². The van der Waals surface area contributed by atoms with E-state index < -0.39 is 0 Å². The molecule has 0 unspecified atom stereocenters. The first-order valence-electron chi connectivity index (χ1n) is 6.76. The Balaban J connectivity index is 2.18. The van der Waals surface area contributed by atoms with Crippen molar-refractivity contribution in [2.24, 2.45) is 0 Å². The second kappa shape index (κ2) is 7.18. The lowest BCUT2D eigenvalue weighted by molar-refractivity contribution is -0.142. The molecular formula is C17H17ClO4. The monoisotopic (exact) mass is 320 g/mol. The maximum Gasteiger partial charge on any atom is 0.302 e. The predicted molar refractivity (Wildman–Crippen MR) is 84.4 cm³/mol. The Morgan fingerprint density at radius 3 is 2.41 bits per heavy atom. The molecule has 2 aromatic carbocycles. The first-order chi connectivity index (χ1) is 10.5. The molecule has 0 aliphatic heterocycles. The largest absolute Gasteiger partial charge is 0.508 e. The molecule has 0 aliphatic rings. The van der Waals surface area contributed by atoms with E-state index >= 15 is 0 Å². The normalized spacial score (nSPS) is 10.3. The van der Waals surface area contributed by atoms with Crippen LogP contribution in [0, 0.1) is 0 Å². The van der Waals surface area contributed by atoms with E-state index in [1.165, 1.54) is 6.92 Å². The van der Waals surface area contributed by atoms with Crippen LogP contribution in [0.3, 0.4) is 0 Å². The van der Waals surface area contributed by atoms with E-state index in [-0.39, 0.29) is 18.3 Å². The van der Waals surface area contributed by atoms with Crippen molar-refractivity contribution in [2.45, 2.75) is 20.0 Å². The molecule has 5 heteroatoms. The van der Waals surface area contributed by atoms with Crippen LogP contribution in [-0.4, -0.2) is 18.2 Å². The number of halogens is 1. The molecule has 0 atom stereocenters. The minimum Gasteiger partial charge on any atom is -0.508 e. The third-order valence-corrected chi connectivity index (χ3v) is 3.55. The molecule has 0 heterocycles. The molecule has 0 saturated heterocycles. The van der Waals surface area contributed by atoms with E-state index in [4.69, 9.17) is 21.1 Å². The standard InChI is InChI=1S/C17H17ClO4/c1-11(19)22-10-13-8-16(18)15(17(20)9-13)7-12-3-5-14(21-2)6-4-12/h3-6,8-9,20H,7,10H2,1-2H3. The van der Waals surface area contributed by atoms with Crippen LogP contribution in [0.5, 0.6) is 11.5 Å². The van der Waals surface area contributed by atoms with E-state index in [0.717, 1.165) is 11.3 Å². The lowest BCUT2D eigenvalue weighted by atomic mass is 10.0. The van der Waals surface area contributed by atoms with Gasteiger partial charge in [-0.25, -0.2) is 0 Å². The Hall–Kier alpha value is -2.20. The highest BCUT2D eigenvalue weighted by molar-refractivity contribution is 6.31. The van der Waals surface area contributed by atoms with Crippen molar-refractivity contribution in [3.8, 4) is 11.5 Å². The molecule has 2 aromatic rings. The summed E-state index contributed by atoms with van der Waals surface area (Å²) in [6.07, 6.45) is 0.502. The van der Waals surface area contributed by atoms with Gasteiger partial charge in [0.1, 0.15) is 18.1 Å². The highest BCUT2D eigenvalue weighted by Gasteiger charge is 2.11. The quantitative estimate of drug-likeness (QED) is 0.853. The van der Waals surface area contributed by atoms with Gasteiger partial charge in [-0.15, -0.1) is 0 Å². The van der Waals surface area contributed by atoms with Crippen LogP contribution in [0.15, 0.2) is 36.4 Å². The van der Waals surface area contributed by atoms with Gasteiger partial charge in [0, 0.05) is 23.9 Å². The summed E-state index contributed by atoms with van der Waals surface area (Å²) in [6, 6.07) is 10.8. The first-order valence-corrected chi connectivity index (χ1v) is 7.14. The zero-order valence-electron chi connectivity index (χ0n) is 12.4. The fraction of sp³-hybridized carbons (Fsp3) is 0.235. The number of benzene rings is 2. The lowest BCUT2D eigenvalue weighted by Crippen LogP contribution is -2.00. The number of hydrogen-bond acceptors (Lipinski definition) is 4. The van der Waals surface area contributed by atoms with Gasteiger partial charge in [-0.05, 0) is 35.4 Å². The molecule has 116 valence electrons. The number of carbonyl (C=O) groups is 1. The Morgan fingerprint density at radius 2 is 1.86 bits per heavy atom. The van der Waals surface area contributed by atoms with Crippen LogP contribution >= 0.6 is 11.6 Å². The van der Waals surface area contributed by atoms with Crippen LogP contribution in [0.4, 0.5) is 0 Å². The number of rotatable bonds is 5. The molecule has 0 fully saturated rings. The minimum absolute atomic E-state index is 0.0884. The summed E-state index contributed by atoms with van der Waals surface area (Å²) in [5.41, 5.74) is 2.29. The Kier molecular flexibility index (Phi) is 5.28. The predicted octanol–water partition coefficient (Wildman–Crippen LogP) is 3.71. The highest BCUT2D eigenvalue weighted by atomic mass is 35.5. The summed E-state index contributed by atoms with van der Waals surface area (Å²) in [6.45, 7) is 1.42. The van der Waals surface area contributed by atoms with Crippen LogP contribution in [0.25, 0.3) is 0 Å². The summed E-state index contributed by atoms with van der Waals surface area (Å²) in [7, 11) is 1.61. The second-order valence-electron chi connectivity index (χ2n) is 4.88. The van der Waals surface area contributed by atoms with Crippen LogP contribution in [0.1, 0.15) is 23.6 Å². The van der Waals surface area contributed by atoms with E-state index in [9.17, 15) is 9.90 Å². The van der Waals surface area contributed by atoms with Crippen LogP contribution in [-0.2, 0) is 22.6 Å². The zero-order valence-corrected chi connectivity index (χ0v) is 13.2. The number of hydrogen-bond donors (Lipinski definition) is 1. The van der Waals surface area contributed by atoms with Crippen molar-refractivity contribution < 1.29 is 19.4 Å². The van der Waals surface area contributed by atoms with Gasteiger partial charge in [-0.3, -0.25) is 4.79 Å². The summed E-state index contributed by atoms with van der Waals surface area (Å²) < 4.78 is 10.0. The van der Waals surface area contributed by atoms with Gasteiger partial charge in [-0.2, -0.15) is 0 Å². The topological polar surface area (TPSA) is 55.8 Å². The van der Waals surface area contributed by atoms with Crippen molar-refractivity contribution in [3.05, 3.63) is 58.1 Å². The summed E-state index contributed by atoms with van der Waals surface area (Å²) in [4.78, 5) is 10.8. The van der Waals surface area contributed by atoms with Crippen molar-refractivity contribution >= 4 is 17.6 Å². The molecule has 0 aliphatic carbocycles. The second-order valence-corrected chi connectivity index (χ2v) is 5.29. The minimum atomic E-state index is -0.377. The SMILES string of the molecule is COc1ccc(Cc2c(O)cc(COC(C)=O)cc2Cl)cc1. The number of carbonyl (C=O) groups excluding carboxylic acids is 1. The Morgan fingerprint density at radius 1 is 1.18 bits per heavy atom. The molecular weight excluding hydrogens is 304 g/mol. The molecule has 0 spiro atoms. The number of phenols is 1. The van der Waals surface area contributed by atoms with E-state index in [1.54, 1.807) is 19.2 Å². The smallest absolute Gasteiger partial charge is 0.302 e. The highest BCUT2D eigenvalue weighted by Crippen LogP contribution is 2.30. The van der Waals surface area contributed by atoms with Gasteiger partial charge in [0.05, 0.1) is 7.11 Å². The number of ether oxygens (including phenoxy) is 2. The Bertz CT molecular complexity index is 642. The molecule has 0 amide bonds. The number of esters is 1. The Labute approximate surface area is 134 Å². The van der Waals surface area contributed by atoms with Gasteiger partial charge in [0.15, 0.2) is 0 Å². The van der Waals surface area contributed by atoms with Crippen molar-refractivity contribution in [1.29, 1.82) is 0 Å². The molecule has 22 heavy (non-hydrogen) atoms. The number of aromatic hydroxyl groups is 1. The van der Waals surface area contributed by atoms with Crippen LogP contribution in [0.2, 0.25) is 5.02 Å². The molecule has 0 saturated carbocycles. The average Bonchev–Trinajstić information content (AvgIpc) is 2.49. The maximum absolute atomic E-state index is 10.8. The summed E-state index contributed by atoms with van der Waals surface area (Å²) in [5.74, 6) is 0.485. The maximum atomic E-state index is 10.8. The summed E-state index contributed by atoms with van der Waals surface area (Å²) in [5, 5.41) is 10.6. The van der Waals surface area contributed by atoms with Gasteiger partial charge < -0.3 is 14.6 Å². The molecule has 2 rings (SSSR count). The van der Waals surface area contributed by atoms with Crippen molar-refractivity contribution in [2.75, 3.05) is 7.11 Å². The van der Waals surface area contributed by atoms with Crippen LogP contribution < -0.4 is 4.74 Å². The fourth-order valence-corrected chi connectivity index (χ4v) is 2.37. The molecule has 1 N–H and O–H groups in total. The van der Waals surface area contributed by atoms with Crippen molar-refractivity contribution in [3.63, 3.8) is 0 Å². The number of methoxy groups -OCH3 is 1. The number of phenolic OH excluding ortho intramolecular Hbond substituents is 1. The van der Waals surface area contributed by atoms with Gasteiger partial charge in [0.25, 0.3) is 0 Å². The van der Waals surface area contributed by atoms with E-state index in [0.29, 0.717) is 22.6 Å². The third-order valence-electron chi connectivity index (χ3n) is 3.21. The molecule has 0 bridgehead atoms.